The molecule has 244 valence electrons. The summed E-state index contributed by atoms with van der Waals surface area (Å²) in [5.41, 5.74) is 10.7. The number of nitrogens with one attached hydrogen (secondary N) is 2. The number of nitrogens with zero attached hydrogens (tertiary/aromatic N) is 1. The van der Waals surface area contributed by atoms with Crippen molar-refractivity contribution in [2.75, 3.05) is 17.7 Å². The summed E-state index contributed by atoms with van der Waals surface area (Å²) in [5, 5.41) is 6.38. The maximum absolute atomic E-state index is 14.0. The third-order valence-corrected chi connectivity index (χ3v) is 9.71. The molecule has 11 heteroatoms. The molecule has 6 rings (SSSR count). The number of amides is 2. The molecule has 0 aliphatic heterocycles. The van der Waals surface area contributed by atoms with Gasteiger partial charge in [0.15, 0.2) is 0 Å². The number of ether oxygens (including phenoxy) is 1. The molecule has 4 N–H and O–H groups in total. The molecule has 10 nitrogen and oxygen atoms in total. The number of anilines is 3. The van der Waals surface area contributed by atoms with Gasteiger partial charge < -0.3 is 21.1 Å². The third kappa shape index (κ3) is 6.74. The monoisotopic (exact) mass is 670 g/mol. The van der Waals surface area contributed by atoms with Crippen molar-refractivity contribution in [1.82, 2.24) is 4.98 Å². The second-order valence-corrected chi connectivity index (χ2v) is 13.2. The molecule has 0 saturated heterocycles. The zero-order valence-corrected chi connectivity index (χ0v) is 27.2. The fourth-order valence-electron chi connectivity index (χ4n) is 5.41. The highest BCUT2D eigenvalue weighted by molar-refractivity contribution is 7.91. The molecule has 0 radical (unpaired) electrons. The van der Waals surface area contributed by atoms with Gasteiger partial charge in [-0.3, -0.25) is 19.4 Å². The molecule has 0 spiro atoms. The molecule has 0 saturated carbocycles. The predicted octanol–water partition coefficient (Wildman–Crippen LogP) is 6.96. The molecule has 1 heterocycles. The smallest absolute Gasteiger partial charge is 0.255 e. The summed E-state index contributed by atoms with van der Waals surface area (Å²) in [5.74, 6) is -0.658. The molecule has 0 fully saturated rings. The number of benzene rings is 5. The first-order chi connectivity index (χ1) is 23.6. The Hall–Kier alpha value is -6.33. The lowest BCUT2D eigenvalue weighted by molar-refractivity contribution is 0.0998. The van der Waals surface area contributed by atoms with Gasteiger partial charge in [-0.25, -0.2) is 8.42 Å². The van der Waals surface area contributed by atoms with Gasteiger partial charge in [0.05, 0.1) is 33.7 Å². The van der Waals surface area contributed by atoms with Crippen LogP contribution in [-0.4, -0.2) is 38.6 Å². The summed E-state index contributed by atoms with van der Waals surface area (Å²) in [7, 11) is -2.62. The summed E-state index contributed by atoms with van der Waals surface area (Å²) < 4.78 is 33.4. The summed E-state index contributed by atoms with van der Waals surface area (Å²) >= 11 is 0. The largest absolute Gasteiger partial charge is 0.497 e. The number of aldehydes is 1. The minimum atomic E-state index is -4.15. The number of hydrogen-bond acceptors (Lipinski definition) is 8. The Balaban J connectivity index is 1.31. The van der Waals surface area contributed by atoms with Crippen LogP contribution in [0.15, 0.2) is 125 Å². The molecule has 6 aromatic rings. The maximum Gasteiger partial charge on any atom is 0.255 e. The quantitative estimate of drug-likeness (QED) is 0.132. The number of sulfone groups is 1. The van der Waals surface area contributed by atoms with Gasteiger partial charge in [0, 0.05) is 40.2 Å². The molecule has 0 aliphatic rings. The van der Waals surface area contributed by atoms with Crippen molar-refractivity contribution >= 4 is 55.9 Å². The van der Waals surface area contributed by atoms with E-state index in [1.54, 1.807) is 55.5 Å². The van der Waals surface area contributed by atoms with Crippen LogP contribution in [-0.2, 0) is 9.84 Å². The zero-order chi connectivity index (χ0) is 34.7. The van der Waals surface area contributed by atoms with E-state index in [2.05, 4.69) is 15.6 Å². The van der Waals surface area contributed by atoms with Gasteiger partial charge >= 0.3 is 0 Å². The lowest BCUT2D eigenvalue weighted by Gasteiger charge is -2.16. The van der Waals surface area contributed by atoms with Crippen molar-refractivity contribution in [1.29, 1.82) is 0 Å². The van der Waals surface area contributed by atoms with Crippen molar-refractivity contribution in [2.45, 2.75) is 16.7 Å². The van der Waals surface area contributed by atoms with Crippen LogP contribution in [0.5, 0.6) is 5.75 Å². The second-order valence-electron chi connectivity index (χ2n) is 11.2. The molecule has 49 heavy (non-hydrogen) atoms. The lowest BCUT2D eigenvalue weighted by Crippen LogP contribution is -2.15. The average molecular weight is 671 g/mol. The number of pyridine rings is 1. The molecule has 0 bridgehead atoms. The van der Waals surface area contributed by atoms with Crippen molar-refractivity contribution < 1.29 is 27.5 Å². The summed E-state index contributed by atoms with van der Waals surface area (Å²) in [6.07, 6.45) is 2.14. The fraction of sp³-hybridized carbons (Fsp3) is 0.0526. The Morgan fingerprint density at radius 3 is 2.18 bits per heavy atom. The number of aromatic nitrogens is 1. The van der Waals surface area contributed by atoms with E-state index in [0.29, 0.717) is 44.8 Å². The molecule has 5 aromatic carbocycles. The fourth-order valence-corrected chi connectivity index (χ4v) is 6.83. The van der Waals surface area contributed by atoms with Gasteiger partial charge in [-0.15, -0.1) is 0 Å². The van der Waals surface area contributed by atoms with E-state index < -0.39 is 21.7 Å². The van der Waals surface area contributed by atoms with E-state index in [9.17, 15) is 22.8 Å². The molecular formula is C38H30N4O6S. The van der Waals surface area contributed by atoms with Crippen LogP contribution in [0, 0.1) is 6.92 Å². The minimum Gasteiger partial charge on any atom is -0.497 e. The summed E-state index contributed by atoms with van der Waals surface area (Å²) in [6, 6.07) is 30.0. The molecule has 0 aliphatic carbocycles. The topological polar surface area (TPSA) is 158 Å². The first-order valence-corrected chi connectivity index (χ1v) is 16.5. The normalized spacial score (nSPS) is 11.1. The summed E-state index contributed by atoms with van der Waals surface area (Å²) in [4.78, 5) is 40.9. The number of fused-ring (bicyclic) bond motifs is 1. The Bertz CT molecular complexity index is 2360. The number of hydrogen-bond donors (Lipinski definition) is 3. The predicted molar refractivity (Wildman–Crippen MR) is 188 cm³/mol. The molecular weight excluding hydrogens is 641 g/mol. The number of primary amides is 1. The van der Waals surface area contributed by atoms with E-state index >= 15 is 0 Å². The number of carbonyl (C=O) groups is 3. The Kier molecular flexibility index (Phi) is 8.93. The Morgan fingerprint density at radius 2 is 1.51 bits per heavy atom. The van der Waals surface area contributed by atoms with Crippen molar-refractivity contribution in [2.24, 2.45) is 5.73 Å². The number of methoxy groups -OCH3 is 1. The minimum absolute atomic E-state index is 0.0519. The number of aryl methyl sites for hydroxylation is 1. The highest BCUT2D eigenvalue weighted by Crippen LogP contribution is 2.35. The third-order valence-electron chi connectivity index (χ3n) is 7.98. The standard InChI is InChI=1S/C38H30N4O6S/c1-23-17-32(20-33-35(23)40-21-34(37(39)44)36(33)41-29-6-4-7-30(19-29)48-2)49(46,47)31-8-3-5-27(18-31)38(45)42-28-15-13-26(14-16-28)25-11-9-24(22-43)10-12-25/h3-22H,1-2H3,(H2,39,44)(H,40,41)(H,42,45). The molecule has 2 amide bonds. The van der Waals surface area contributed by atoms with Gasteiger partial charge in [-0.05, 0) is 78.2 Å². The highest BCUT2D eigenvalue weighted by Gasteiger charge is 2.23. The van der Waals surface area contributed by atoms with E-state index in [1.165, 1.54) is 49.7 Å². The van der Waals surface area contributed by atoms with Crippen molar-refractivity contribution in [3.63, 3.8) is 0 Å². The van der Waals surface area contributed by atoms with Crippen LogP contribution in [0.3, 0.4) is 0 Å². The van der Waals surface area contributed by atoms with Crippen LogP contribution in [0.1, 0.15) is 36.6 Å². The van der Waals surface area contributed by atoms with E-state index in [0.717, 1.165) is 17.4 Å². The summed E-state index contributed by atoms with van der Waals surface area (Å²) in [6.45, 7) is 1.73. The van der Waals surface area contributed by atoms with Crippen LogP contribution in [0.2, 0.25) is 0 Å². The zero-order valence-electron chi connectivity index (χ0n) is 26.4. The number of nitrogens with two attached hydrogens (primary N) is 1. The number of carbonyl (C=O) groups excluding carboxylic acids is 3. The average Bonchev–Trinajstić information content (AvgIpc) is 3.12. The van der Waals surface area contributed by atoms with Crippen LogP contribution < -0.4 is 21.1 Å². The van der Waals surface area contributed by atoms with E-state index in [4.69, 9.17) is 10.5 Å². The van der Waals surface area contributed by atoms with Crippen molar-refractivity contribution in [3.8, 4) is 16.9 Å². The molecule has 0 unspecified atom stereocenters. The number of rotatable bonds is 10. The van der Waals surface area contributed by atoms with Gasteiger partial charge in [-0.1, -0.05) is 48.5 Å². The maximum atomic E-state index is 14.0. The van der Waals surface area contributed by atoms with E-state index in [1.807, 2.05) is 24.3 Å². The van der Waals surface area contributed by atoms with Crippen LogP contribution >= 0.6 is 0 Å². The van der Waals surface area contributed by atoms with Gasteiger partial charge in [0.25, 0.3) is 11.8 Å². The van der Waals surface area contributed by atoms with Gasteiger partial charge in [0.2, 0.25) is 9.84 Å². The SMILES string of the molecule is COc1cccc(Nc2c(C(N)=O)cnc3c(C)cc(S(=O)(=O)c4cccc(C(=O)Nc5ccc(-c6ccc(C=O)cc6)cc5)c4)cc23)c1. The Morgan fingerprint density at radius 1 is 0.816 bits per heavy atom. The van der Waals surface area contributed by atoms with Crippen LogP contribution in [0.4, 0.5) is 17.1 Å². The highest BCUT2D eigenvalue weighted by atomic mass is 32.2. The lowest BCUT2D eigenvalue weighted by atomic mass is 10.0. The molecule has 0 atom stereocenters. The van der Waals surface area contributed by atoms with Gasteiger partial charge in [-0.2, -0.15) is 0 Å². The van der Waals surface area contributed by atoms with Gasteiger partial charge in [0.1, 0.15) is 12.0 Å². The first-order valence-electron chi connectivity index (χ1n) is 15.0. The molecule has 1 aromatic heterocycles. The Labute approximate surface area is 282 Å². The second kappa shape index (κ2) is 13.4. The first kappa shape index (κ1) is 32.6. The van der Waals surface area contributed by atoms with E-state index in [-0.39, 0.29) is 20.9 Å². The van der Waals surface area contributed by atoms with Crippen LogP contribution in [0.25, 0.3) is 22.0 Å². The van der Waals surface area contributed by atoms with Crippen molar-refractivity contribution in [3.05, 3.63) is 138 Å².